The van der Waals surface area contributed by atoms with Crippen molar-refractivity contribution in [3.05, 3.63) is 10.1 Å². The molecular weight excluding hydrogens is 214 g/mol. The monoisotopic (exact) mass is 233 g/mol. The van der Waals surface area contributed by atoms with E-state index in [1.165, 1.54) is 13.8 Å². The Morgan fingerprint density at radius 2 is 1.94 bits per heavy atom. The van der Waals surface area contributed by atoms with Crippen molar-refractivity contribution in [2.24, 2.45) is 11.1 Å². The van der Waals surface area contributed by atoms with Crippen LogP contribution in [0.3, 0.4) is 0 Å². The lowest BCUT2D eigenvalue weighted by Crippen LogP contribution is -2.49. The summed E-state index contributed by atoms with van der Waals surface area (Å²) in [7, 11) is 0. The summed E-state index contributed by atoms with van der Waals surface area (Å²) in [5.41, 5.74) is 3.75. The van der Waals surface area contributed by atoms with Gasteiger partial charge in [-0.15, -0.1) is 10.1 Å². The number of carbonyl (C=O) groups excluding carboxylic acids is 1. The third-order valence-corrected chi connectivity index (χ3v) is 2.13. The zero-order chi connectivity index (χ0) is 13.0. The summed E-state index contributed by atoms with van der Waals surface area (Å²) in [6, 6.07) is 0. The van der Waals surface area contributed by atoms with Gasteiger partial charge in [0.2, 0.25) is 0 Å². The van der Waals surface area contributed by atoms with Crippen LogP contribution in [0.15, 0.2) is 0 Å². The number of amides is 1. The fourth-order valence-corrected chi connectivity index (χ4v) is 0.832. The SMILES string of the molecule is CC(C)(CN)CNC(=O)C(C)(C)O[N+](=O)[O-]. The van der Waals surface area contributed by atoms with Gasteiger partial charge in [0.05, 0.1) is 0 Å². The third kappa shape index (κ3) is 4.92. The molecule has 0 bridgehead atoms. The molecule has 7 heteroatoms. The molecule has 94 valence electrons. The molecule has 16 heavy (non-hydrogen) atoms. The molecule has 0 aromatic heterocycles. The maximum absolute atomic E-state index is 11.6. The van der Waals surface area contributed by atoms with Crippen LogP contribution < -0.4 is 11.1 Å². The highest BCUT2D eigenvalue weighted by Crippen LogP contribution is 2.13. The zero-order valence-corrected chi connectivity index (χ0v) is 10.1. The lowest BCUT2D eigenvalue weighted by Gasteiger charge is -2.26. The van der Waals surface area contributed by atoms with E-state index in [-0.39, 0.29) is 5.41 Å². The van der Waals surface area contributed by atoms with Gasteiger partial charge in [-0.1, -0.05) is 13.8 Å². The van der Waals surface area contributed by atoms with E-state index in [1.54, 1.807) is 0 Å². The first-order valence-electron chi connectivity index (χ1n) is 4.92. The number of rotatable bonds is 6. The van der Waals surface area contributed by atoms with Gasteiger partial charge in [0.15, 0.2) is 5.60 Å². The van der Waals surface area contributed by atoms with E-state index in [0.29, 0.717) is 13.1 Å². The van der Waals surface area contributed by atoms with Crippen molar-refractivity contribution in [2.45, 2.75) is 33.3 Å². The van der Waals surface area contributed by atoms with Gasteiger partial charge in [-0.05, 0) is 25.8 Å². The number of nitrogens with two attached hydrogens (primary N) is 1. The topological polar surface area (TPSA) is 107 Å². The van der Waals surface area contributed by atoms with Crippen molar-refractivity contribution in [2.75, 3.05) is 13.1 Å². The van der Waals surface area contributed by atoms with Gasteiger partial charge in [0.25, 0.3) is 11.0 Å². The normalized spacial score (nSPS) is 12.1. The Morgan fingerprint density at radius 1 is 1.44 bits per heavy atom. The molecule has 0 heterocycles. The number of carbonyl (C=O) groups is 1. The van der Waals surface area contributed by atoms with Crippen LogP contribution in [0.25, 0.3) is 0 Å². The molecule has 0 aromatic rings. The predicted molar refractivity (Wildman–Crippen MR) is 58.0 cm³/mol. The minimum Gasteiger partial charge on any atom is -0.353 e. The van der Waals surface area contributed by atoms with Crippen molar-refractivity contribution < 1.29 is 14.7 Å². The van der Waals surface area contributed by atoms with E-state index >= 15 is 0 Å². The van der Waals surface area contributed by atoms with Crippen LogP contribution in [0.5, 0.6) is 0 Å². The third-order valence-electron chi connectivity index (χ3n) is 2.13. The van der Waals surface area contributed by atoms with E-state index in [9.17, 15) is 14.9 Å². The Bertz CT molecular complexity index is 276. The highest BCUT2D eigenvalue weighted by Gasteiger charge is 2.32. The number of hydrogen-bond acceptors (Lipinski definition) is 5. The Labute approximate surface area is 94.4 Å². The second kappa shape index (κ2) is 5.11. The molecule has 0 aliphatic heterocycles. The molecule has 0 radical (unpaired) electrons. The minimum absolute atomic E-state index is 0.250. The van der Waals surface area contributed by atoms with Gasteiger partial charge < -0.3 is 11.1 Å². The van der Waals surface area contributed by atoms with Crippen LogP contribution in [0, 0.1) is 15.5 Å². The van der Waals surface area contributed by atoms with E-state index in [4.69, 9.17) is 5.73 Å². The largest absolute Gasteiger partial charge is 0.353 e. The molecular formula is C9H19N3O4. The van der Waals surface area contributed by atoms with Crippen molar-refractivity contribution in [3.8, 4) is 0 Å². The lowest BCUT2D eigenvalue weighted by molar-refractivity contribution is -0.774. The van der Waals surface area contributed by atoms with Gasteiger partial charge in [-0.25, -0.2) is 0 Å². The predicted octanol–water partition coefficient (Wildman–Crippen LogP) is 0.0744. The minimum atomic E-state index is -1.49. The van der Waals surface area contributed by atoms with Crippen LogP contribution >= 0.6 is 0 Å². The highest BCUT2D eigenvalue weighted by atomic mass is 17.0. The molecule has 0 atom stereocenters. The van der Waals surface area contributed by atoms with Crippen LogP contribution in [-0.4, -0.2) is 29.7 Å². The summed E-state index contributed by atoms with van der Waals surface area (Å²) in [4.78, 5) is 26.0. The van der Waals surface area contributed by atoms with Gasteiger partial charge in [-0.2, -0.15) is 0 Å². The standard InChI is InChI=1S/C9H19N3O4/c1-8(2,5-10)6-11-7(13)9(3,4)16-12(14)15/h5-6,10H2,1-4H3,(H,11,13). The summed E-state index contributed by atoms with van der Waals surface area (Å²) in [6.45, 7) is 7.18. The Hall–Kier alpha value is -1.37. The molecule has 0 aliphatic rings. The first-order chi connectivity index (χ1) is 7.10. The van der Waals surface area contributed by atoms with E-state index in [1.807, 2.05) is 13.8 Å². The molecule has 0 rings (SSSR count). The van der Waals surface area contributed by atoms with Crippen molar-refractivity contribution in [1.29, 1.82) is 0 Å². The van der Waals surface area contributed by atoms with Crippen LogP contribution in [-0.2, 0) is 9.63 Å². The molecule has 0 fully saturated rings. The summed E-state index contributed by atoms with van der Waals surface area (Å²) in [6.07, 6.45) is 0. The number of hydrogen-bond donors (Lipinski definition) is 2. The first-order valence-corrected chi connectivity index (χ1v) is 4.92. The van der Waals surface area contributed by atoms with Crippen LogP contribution in [0.4, 0.5) is 0 Å². The highest BCUT2D eigenvalue weighted by molar-refractivity contribution is 5.84. The maximum atomic E-state index is 11.6. The summed E-state index contributed by atoms with van der Waals surface area (Å²) in [5, 5.41) is 11.8. The van der Waals surface area contributed by atoms with Gasteiger partial charge >= 0.3 is 0 Å². The quantitative estimate of drug-likeness (QED) is 0.498. The number of nitrogens with one attached hydrogen (secondary N) is 1. The summed E-state index contributed by atoms with van der Waals surface area (Å²) in [5.74, 6) is -0.536. The molecule has 0 saturated carbocycles. The molecule has 0 spiro atoms. The lowest BCUT2D eigenvalue weighted by atomic mass is 9.93. The molecule has 0 aliphatic carbocycles. The average Bonchev–Trinajstić information content (AvgIpc) is 2.12. The van der Waals surface area contributed by atoms with Crippen molar-refractivity contribution in [1.82, 2.24) is 5.32 Å². The van der Waals surface area contributed by atoms with Gasteiger partial charge in [-0.3, -0.25) is 9.63 Å². The van der Waals surface area contributed by atoms with Crippen molar-refractivity contribution >= 4 is 5.91 Å². The van der Waals surface area contributed by atoms with Crippen LogP contribution in [0.1, 0.15) is 27.7 Å². The fourth-order valence-electron chi connectivity index (χ4n) is 0.832. The molecule has 0 saturated heterocycles. The molecule has 7 nitrogen and oxygen atoms in total. The van der Waals surface area contributed by atoms with E-state index in [2.05, 4.69) is 10.2 Å². The second-order valence-electron chi connectivity index (χ2n) is 4.88. The molecule has 1 amide bonds. The molecule has 0 aromatic carbocycles. The summed E-state index contributed by atoms with van der Waals surface area (Å²) < 4.78 is 0. The zero-order valence-electron chi connectivity index (χ0n) is 10.1. The second-order valence-corrected chi connectivity index (χ2v) is 4.88. The van der Waals surface area contributed by atoms with E-state index < -0.39 is 16.6 Å². The smallest absolute Gasteiger partial charge is 0.295 e. The summed E-state index contributed by atoms with van der Waals surface area (Å²) >= 11 is 0. The van der Waals surface area contributed by atoms with Crippen LogP contribution in [0.2, 0.25) is 0 Å². The fraction of sp³-hybridized carbons (Fsp3) is 0.889. The van der Waals surface area contributed by atoms with Gasteiger partial charge in [0, 0.05) is 6.54 Å². The Morgan fingerprint density at radius 3 is 2.31 bits per heavy atom. The first kappa shape index (κ1) is 14.6. The maximum Gasteiger partial charge on any atom is 0.295 e. The van der Waals surface area contributed by atoms with Gasteiger partial charge in [0.1, 0.15) is 0 Å². The average molecular weight is 233 g/mol. The molecule has 0 unspecified atom stereocenters. The number of nitrogens with zero attached hydrogens (tertiary/aromatic N) is 1. The molecule has 3 N–H and O–H groups in total. The van der Waals surface area contributed by atoms with E-state index in [0.717, 1.165) is 0 Å². The Balaban J connectivity index is 4.31. The Kier molecular flexibility index (Phi) is 4.67. The van der Waals surface area contributed by atoms with Crippen molar-refractivity contribution in [3.63, 3.8) is 0 Å².